The number of aliphatic hydroxyl groups is 2. The van der Waals surface area contributed by atoms with Crippen LogP contribution in [0.25, 0.3) is 0 Å². The number of rotatable bonds is 32. The van der Waals surface area contributed by atoms with E-state index in [4.69, 9.17) is 9.47 Å². The highest BCUT2D eigenvalue weighted by Crippen LogP contribution is 2.41. The highest BCUT2D eigenvalue weighted by molar-refractivity contribution is 7.95. The molecule has 0 amide bonds. The zero-order chi connectivity index (χ0) is 34.0. The molecule has 276 valence electrons. The van der Waals surface area contributed by atoms with Crippen molar-refractivity contribution in [1.29, 1.82) is 0 Å². The van der Waals surface area contributed by atoms with Crippen LogP contribution in [0, 0.1) is 5.41 Å². The van der Waals surface area contributed by atoms with Gasteiger partial charge in [-0.1, -0.05) is 155 Å². The van der Waals surface area contributed by atoms with Crippen LogP contribution in [0.5, 0.6) is 0 Å². The van der Waals surface area contributed by atoms with Crippen molar-refractivity contribution in [2.75, 3.05) is 33.0 Å². The molecule has 0 saturated carbocycles. The fourth-order valence-corrected chi connectivity index (χ4v) is 7.69. The Hall–Kier alpha value is -0.380. The van der Waals surface area contributed by atoms with Crippen molar-refractivity contribution in [3.63, 3.8) is 0 Å². The first-order chi connectivity index (χ1) is 22.1. The first kappa shape index (κ1) is 43.6. The summed E-state index contributed by atoms with van der Waals surface area (Å²) in [5, 5.41) is 21.4. The van der Waals surface area contributed by atoms with E-state index in [9.17, 15) is 27.0 Å². The molecule has 0 radical (unpaired) electrons. The van der Waals surface area contributed by atoms with Gasteiger partial charge in [-0.15, -0.1) is 3.63 Å². The van der Waals surface area contributed by atoms with Crippen LogP contribution in [0.3, 0.4) is 0 Å². The minimum atomic E-state index is -5.19. The SMILES string of the molecule is CCCCCCCCCCCCCCOCC(CO)(COCCCCCCCCCCCCCC)C1(O)OS(=O)(=O)OS(=O)(=O)O1. The van der Waals surface area contributed by atoms with E-state index in [2.05, 4.69) is 25.8 Å². The maximum atomic E-state index is 12.0. The first-order valence-corrected chi connectivity index (χ1v) is 20.8. The van der Waals surface area contributed by atoms with E-state index >= 15 is 0 Å². The molecule has 0 aromatic carbocycles. The average molecular weight is 703 g/mol. The number of hydrogen-bond donors (Lipinski definition) is 2. The summed E-state index contributed by atoms with van der Waals surface area (Å²) in [7, 11) is -10.4. The molecule has 2 N–H and O–H groups in total. The zero-order valence-electron chi connectivity index (χ0n) is 28.9. The van der Waals surface area contributed by atoms with Crippen LogP contribution in [-0.4, -0.2) is 66.1 Å². The van der Waals surface area contributed by atoms with Gasteiger partial charge in [0.05, 0.1) is 19.8 Å². The summed E-state index contributed by atoms with van der Waals surface area (Å²) in [6.45, 7) is 3.07. The van der Waals surface area contributed by atoms with Crippen molar-refractivity contribution in [3.05, 3.63) is 0 Å². The molecule has 0 bridgehead atoms. The van der Waals surface area contributed by atoms with Gasteiger partial charge in [0.2, 0.25) is 0 Å². The monoisotopic (exact) mass is 702 g/mol. The molecule has 0 atom stereocenters. The fraction of sp³-hybridized carbons (Fsp3) is 1.00. The standard InChI is InChI=1S/C33H66O11S2/c1-3-5-7-9-11-13-15-17-19-21-23-25-27-40-30-32(29-34,33(35)42-45(36,37)44-46(38,39)43-33)31-41-28-26-24-22-20-18-16-14-12-10-8-6-4-2/h34-35H,3-31H2,1-2H3. The number of unbranched alkanes of at least 4 members (excludes halogenated alkanes) is 22. The molecule has 13 heteroatoms. The topological polar surface area (TPSA) is 155 Å². The lowest BCUT2D eigenvalue weighted by Crippen LogP contribution is -2.63. The summed E-state index contributed by atoms with van der Waals surface area (Å²) in [4.78, 5) is 0. The molecule has 0 spiro atoms. The van der Waals surface area contributed by atoms with Crippen molar-refractivity contribution in [1.82, 2.24) is 0 Å². The summed E-state index contributed by atoms with van der Waals surface area (Å²) < 4.78 is 72.5. The molecule has 1 aliphatic heterocycles. The van der Waals surface area contributed by atoms with Gasteiger partial charge in [0.1, 0.15) is 5.41 Å². The van der Waals surface area contributed by atoms with Crippen LogP contribution in [0.2, 0.25) is 0 Å². The van der Waals surface area contributed by atoms with E-state index in [1.807, 2.05) is 0 Å². The van der Waals surface area contributed by atoms with Gasteiger partial charge in [0, 0.05) is 13.2 Å². The van der Waals surface area contributed by atoms with Crippen LogP contribution in [0.1, 0.15) is 168 Å². The molecule has 0 aromatic rings. The predicted molar refractivity (Wildman–Crippen MR) is 179 cm³/mol. The van der Waals surface area contributed by atoms with Gasteiger partial charge >= 0.3 is 26.8 Å². The second-order valence-corrected chi connectivity index (χ2v) is 15.5. The predicted octanol–water partition coefficient (Wildman–Crippen LogP) is 7.60. The third kappa shape index (κ3) is 19.6. The Kier molecular flexibility index (Phi) is 24.3. The van der Waals surface area contributed by atoms with Crippen LogP contribution in [0.15, 0.2) is 0 Å². The first-order valence-electron chi connectivity index (χ1n) is 18.2. The van der Waals surface area contributed by atoms with Gasteiger partial charge < -0.3 is 19.7 Å². The van der Waals surface area contributed by atoms with Crippen LogP contribution in [0.4, 0.5) is 0 Å². The lowest BCUT2D eigenvalue weighted by atomic mass is 9.87. The molecule has 11 nitrogen and oxygen atoms in total. The molecule has 46 heavy (non-hydrogen) atoms. The Morgan fingerprint density at radius 1 is 0.522 bits per heavy atom. The maximum absolute atomic E-state index is 12.0. The summed E-state index contributed by atoms with van der Waals surface area (Å²) in [5.41, 5.74) is -2.08. The summed E-state index contributed by atoms with van der Waals surface area (Å²) in [6, 6.07) is 0. The Bertz CT molecular complexity index is 875. The summed E-state index contributed by atoms with van der Waals surface area (Å²) in [6.07, 6.45) is 28.2. The Morgan fingerprint density at radius 3 is 1.09 bits per heavy atom. The number of aliphatic hydroxyl groups excluding tert-OH is 1. The lowest BCUT2D eigenvalue weighted by Gasteiger charge is -2.43. The smallest absolute Gasteiger partial charge is 0.395 e. The average Bonchev–Trinajstić information content (AvgIpc) is 2.98. The molecule has 1 fully saturated rings. The number of hydrogen-bond acceptors (Lipinski definition) is 11. The van der Waals surface area contributed by atoms with E-state index in [0.29, 0.717) is 12.8 Å². The van der Waals surface area contributed by atoms with Crippen LogP contribution in [-0.2, 0) is 42.3 Å². The van der Waals surface area contributed by atoms with Crippen molar-refractivity contribution in [2.24, 2.45) is 5.41 Å². The third-order valence-electron chi connectivity index (χ3n) is 8.61. The van der Waals surface area contributed by atoms with Gasteiger partial charge in [-0.25, -0.2) is 0 Å². The van der Waals surface area contributed by atoms with Crippen LogP contribution >= 0.6 is 0 Å². The van der Waals surface area contributed by atoms with E-state index in [-0.39, 0.29) is 13.2 Å². The Balaban J connectivity index is 2.46. The Morgan fingerprint density at radius 2 is 0.804 bits per heavy atom. The molecular weight excluding hydrogens is 636 g/mol. The van der Waals surface area contributed by atoms with Crippen molar-refractivity contribution < 1.29 is 48.5 Å². The zero-order valence-corrected chi connectivity index (χ0v) is 30.5. The highest BCUT2D eigenvalue weighted by atomic mass is 32.3. The molecule has 0 aliphatic carbocycles. The largest absolute Gasteiger partial charge is 0.420 e. The quantitative estimate of drug-likeness (QED) is 0.0666. The Labute approximate surface area is 281 Å². The summed E-state index contributed by atoms with van der Waals surface area (Å²) in [5.74, 6) is -3.31. The second-order valence-electron chi connectivity index (χ2n) is 13.0. The fourth-order valence-electron chi connectivity index (χ4n) is 5.64. The number of ether oxygens (including phenoxy) is 2. The minimum Gasteiger partial charge on any atom is -0.395 e. The second kappa shape index (κ2) is 25.6. The van der Waals surface area contributed by atoms with E-state index in [1.165, 1.54) is 103 Å². The minimum absolute atomic E-state index is 0.254. The van der Waals surface area contributed by atoms with Crippen molar-refractivity contribution >= 4 is 20.8 Å². The normalized spacial score (nSPS) is 17.4. The molecular formula is C33H66O11S2. The van der Waals surface area contributed by atoms with E-state index in [0.717, 1.165) is 38.5 Å². The molecule has 0 aromatic heterocycles. The van der Waals surface area contributed by atoms with E-state index < -0.39 is 52.0 Å². The lowest BCUT2D eigenvalue weighted by molar-refractivity contribution is -0.366. The van der Waals surface area contributed by atoms with Gasteiger partial charge in [-0.05, 0) is 12.8 Å². The van der Waals surface area contributed by atoms with Gasteiger partial charge in [-0.3, -0.25) is 0 Å². The highest BCUT2D eigenvalue weighted by Gasteiger charge is 2.63. The molecule has 0 unspecified atom stereocenters. The third-order valence-corrected chi connectivity index (χ3v) is 10.8. The van der Waals surface area contributed by atoms with E-state index in [1.54, 1.807) is 0 Å². The van der Waals surface area contributed by atoms with Crippen molar-refractivity contribution in [3.8, 4) is 0 Å². The molecule has 1 heterocycles. The molecule has 1 aliphatic rings. The maximum Gasteiger partial charge on any atom is 0.420 e. The van der Waals surface area contributed by atoms with Crippen LogP contribution < -0.4 is 0 Å². The summed E-state index contributed by atoms with van der Waals surface area (Å²) >= 11 is 0. The van der Waals surface area contributed by atoms with Gasteiger partial charge in [0.25, 0.3) is 0 Å². The molecule has 1 rings (SSSR count). The van der Waals surface area contributed by atoms with Crippen molar-refractivity contribution in [2.45, 2.75) is 174 Å². The van der Waals surface area contributed by atoms with Gasteiger partial charge in [-0.2, -0.15) is 25.2 Å². The molecule has 1 saturated heterocycles. The van der Waals surface area contributed by atoms with Gasteiger partial charge in [0.15, 0.2) is 0 Å².